The summed E-state index contributed by atoms with van der Waals surface area (Å²) in [6.45, 7) is 0.463. The van der Waals surface area contributed by atoms with Crippen LogP contribution in [-0.4, -0.2) is 69.3 Å². The highest BCUT2D eigenvalue weighted by Crippen LogP contribution is 2.21. The Morgan fingerprint density at radius 3 is 2.55 bits per heavy atom. The maximum Gasteiger partial charge on any atom is 0.370 e. The Balaban J connectivity index is 3.04. The summed E-state index contributed by atoms with van der Waals surface area (Å²) in [4.78, 5) is 22.0. The van der Waals surface area contributed by atoms with Gasteiger partial charge >= 0.3 is 5.97 Å². The summed E-state index contributed by atoms with van der Waals surface area (Å²) in [5.41, 5.74) is 5.74. The number of carbonyl (C=O) groups excluding carboxylic acids is 1. The van der Waals surface area contributed by atoms with Crippen LogP contribution in [0.1, 0.15) is 6.92 Å². The zero-order valence-corrected chi connectivity index (χ0v) is 10.8. The largest absolute Gasteiger partial charge is 0.478 e. The van der Waals surface area contributed by atoms with Crippen molar-refractivity contribution in [1.82, 2.24) is 5.32 Å². The molecule has 0 spiro atoms. The normalized spacial score (nSPS) is 28.9. The Kier molecular flexibility index (Phi) is 5.45. The summed E-state index contributed by atoms with van der Waals surface area (Å²) in [7, 11) is 0. The van der Waals surface area contributed by atoms with Crippen LogP contribution >= 0.6 is 0 Å². The van der Waals surface area contributed by atoms with Gasteiger partial charge in [-0.1, -0.05) is 0 Å². The van der Waals surface area contributed by atoms with E-state index < -0.39 is 54.6 Å². The van der Waals surface area contributed by atoms with E-state index in [0.717, 1.165) is 6.08 Å². The first-order chi connectivity index (χ1) is 9.27. The Hall–Kier alpha value is -1.68. The van der Waals surface area contributed by atoms with Crippen molar-refractivity contribution in [3.63, 3.8) is 0 Å². The molecule has 0 saturated carbocycles. The summed E-state index contributed by atoms with van der Waals surface area (Å²) in [6.07, 6.45) is -3.38. The highest BCUT2D eigenvalue weighted by atomic mass is 16.5. The molecular formula is C11H18N2O7. The van der Waals surface area contributed by atoms with Gasteiger partial charge in [-0.25, -0.2) is 4.79 Å². The van der Waals surface area contributed by atoms with Crippen molar-refractivity contribution in [2.24, 2.45) is 5.73 Å². The molecule has 0 saturated heterocycles. The molecule has 0 fully saturated rings. The van der Waals surface area contributed by atoms with Crippen molar-refractivity contribution in [3.8, 4) is 0 Å². The fourth-order valence-corrected chi connectivity index (χ4v) is 1.90. The third-order valence-electron chi connectivity index (χ3n) is 2.87. The molecule has 1 aliphatic rings. The highest BCUT2D eigenvalue weighted by molar-refractivity contribution is 5.84. The zero-order chi connectivity index (χ0) is 15.4. The quantitative estimate of drug-likeness (QED) is 0.310. The number of aliphatic hydroxyl groups excluding tert-OH is 3. The number of aliphatic hydroxyl groups is 3. The molecule has 0 aromatic carbocycles. The number of amides is 1. The van der Waals surface area contributed by atoms with Crippen LogP contribution in [0, 0.1) is 0 Å². The number of rotatable bonds is 5. The SMILES string of the molecule is CC(=O)N[C@@H]1C(N)C=C(C(=O)O)OC1[C@H](O)C(O)CO. The Labute approximate surface area is 114 Å². The topological polar surface area (TPSA) is 162 Å². The van der Waals surface area contributed by atoms with Gasteiger partial charge in [-0.3, -0.25) is 4.79 Å². The van der Waals surface area contributed by atoms with Crippen LogP contribution in [0.25, 0.3) is 0 Å². The number of carboxylic acids is 1. The first-order valence-corrected chi connectivity index (χ1v) is 5.89. The molecule has 0 aromatic rings. The second kappa shape index (κ2) is 6.66. The second-order valence-corrected chi connectivity index (χ2v) is 4.46. The number of aliphatic carboxylic acids is 1. The maximum absolute atomic E-state index is 11.1. The second-order valence-electron chi connectivity index (χ2n) is 4.46. The number of nitrogens with two attached hydrogens (primary N) is 1. The lowest BCUT2D eigenvalue weighted by Gasteiger charge is -2.38. The molecule has 1 aliphatic heterocycles. The van der Waals surface area contributed by atoms with Gasteiger partial charge in [0.05, 0.1) is 18.7 Å². The molecular weight excluding hydrogens is 272 g/mol. The van der Waals surface area contributed by atoms with Crippen LogP contribution in [0.4, 0.5) is 0 Å². The first-order valence-electron chi connectivity index (χ1n) is 5.89. The fourth-order valence-electron chi connectivity index (χ4n) is 1.90. The van der Waals surface area contributed by atoms with Crippen molar-refractivity contribution in [1.29, 1.82) is 0 Å². The van der Waals surface area contributed by atoms with E-state index in [0.29, 0.717) is 0 Å². The molecule has 1 amide bonds. The van der Waals surface area contributed by atoms with E-state index >= 15 is 0 Å². The first kappa shape index (κ1) is 16.4. The van der Waals surface area contributed by atoms with E-state index in [1.165, 1.54) is 6.92 Å². The van der Waals surface area contributed by atoms with Crippen molar-refractivity contribution < 1.29 is 34.8 Å². The minimum absolute atomic E-state index is 0.461. The maximum atomic E-state index is 11.1. The van der Waals surface area contributed by atoms with E-state index in [1.54, 1.807) is 0 Å². The molecule has 9 nitrogen and oxygen atoms in total. The Morgan fingerprint density at radius 1 is 1.50 bits per heavy atom. The van der Waals surface area contributed by atoms with Crippen LogP contribution in [0.2, 0.25) is 0 Å². The molecule has 1 rings (SSSR count). The number of carboxylic acid groups (broad SMARTS) is 1. The Bertz CT molecular complexity index is 412. The molecule has 20 heavy (non-hydrogen) atoms. The summed E-state index contributed by atoms with van der Waals surface area (Å²) < 4.78 is 5.06. The predicted molar refractivity (Wildman–Crippen MR) is 65.3 cm³/mol. The predicted octanol–water partition coefficient (Wildman–Crippen LogP) is -3.10. The number of hydrogen-bond acceptors (Lipinski definition) is 7. The minimum atomic E-state index is -1.62. The molecule has 7 N–H and O–H groups in total. The van der Waals surface area contributed by atoms with Gasteiger partial charge in [-0.15, -0.1) is 0 Å². The van der Waals surface area contributed by atoms with Gasteiger partial charge in [0.2, 0.25) is 11.7 Å². The molecule has 9 heteroatoms. The molecule has 0 aliphatic carbocycles. The monoisotopic (exact) mass is 290 g/mol. The van der Waals surface area contributed by atoms with Gasteiger partial charge in [0, 0.05) is 6.92 Å². The molecule has 1 heterocycles. The van der Waals surface area contributed by atoms with E-state index in [9.17, 15) is 19.8 Å². The molecule has 0 radical (unpaired) electrons. The van der Waals surface area contributed by atoms with Crippen LogP contribution in [0.3, 0.4) is 0 Å². The molecule has 5 atom stereocenters. The standard InChI is InChI=1S/C11H18N2O7/c1-4(15)13-8-5(12)2-7(11(18)19)20-10(8)9(17)6(16)3-14/h2,5-6,8-10,14,16-17H,3,12H2,1H3,(H,13,15)(H,18,19)/t5?,6?,8-,9-,10?/m1/s1. The highest BCUT2D eigenvalue weighted by Gasteiger charge is 2.42. The van der Waals surface area contributed by atoms with E-state index in [-0.39, 0.29) is 0 Å². The summed E-state index contributed by atoms with van der Waals surface area (Å²) in [6, 6.07) is -1.86. The average Bonchev–Trinajstić information content (AvgIpc) is 2.38. The van der Waals surface area contributed by atoms with Gasteiger partial charge < -0.3 is 36.2 Å². The van der Waals surface area contributed by atoms with Gasteiger partial charge in [-0.2, -0.15) is 0 Å². The van der Waals surface area contributed by atoms with Crippen LogP contribution < -0.4 is 11.1 Å². The molecule has 3 unspecified atom stereocenters. The number of nitrogens with one attached hydrogen (secondary N) is 1. The van der Waals surface area contributed by atoms with E-state index in [2.05, 4.69) is 5.32 Å². The molecule has 0 aromatic heterocycles. The third-order valence-corrected chi connectivity index (χ3v) is 2.87. The summed E-state index contributed by atoms with van der Waals surface area (Å²) >= 11 is 0. The van der Waals surface area contributed by atoms with E-state index in [1.807, 2.05) is 0 Å². The third kappa shape index (κ3) is 3.67. The Morgan fingerprint density at radius 2 is 2.10 bits per heavy atom. The number of hydrogen-bond donors (Lipinski definition) is 6. The lowest BCUT2D eigenvalue weighted by molar-refractivity contribution is -0.145. The van der Waals surface area contributed by atoms with Crippen LogP contribution in [0.5, 0.6) is 0 Å². The fraction of sp³-hybridized carbons (Fsp3) is 0.636. The number of carbonyl (C=O) groups is 2. The number of ether oxygens (including phenoxy) is 1. The van der Waals surface area contributed by atoms with Crippen molar-refractivity contribution in [3.05, 3.63) is 11.8 Å². The van der Waals surface area contributed by atoms with Crippen LogP contribution in [-0.2, 0) is 14.3 Å². The van der Waals surface area contributed by atoms with Crippen molar-refractivity contribution in [2.45, 2.75) is 37.3 Å². The van der Waals surface area contributed by atoms with Gasteiger partial charge in [-0.05, 0) is 6.08 Å². The minimum Gasteiger partial charge on any atom is -0.478 e. The average molecular weight is 290 g/mol. The van der Waals surface area contributed by atoms with Gasteiger partial charge in [0.25, 0.3) is 0 Å². The lowest BCUT2D eigenvalue weighted by atomic mass is 9.92. The summed E-state index contributed by atoms with van der Waals surface area (Å²) in [5.74, 6) is -2.34. The van der Waals surface area contributed by atoms with Gasteiger partial charge in [0.1, 0.15) is 18.3 Å². The van der Waals surface area contributed by atoms with Gasteiger partial charge in [0.15, 0.2) is 0 Å². The van der Waals surface area contributed by atoms with Crippen LogP contribution in [0.15, 0.2) is 11.8 Å². The van der Waals surface area contributed by atoms with Crippen molar-refractivity contribution in [2.75, 3.05) is 6.61 Å². The smallest absolute Gasteiger partial charge is 0.370 e. The van der Waals surface area contributed by atoms with Crippen molar-refractivity contribution >= 4 is 11.9 Å². The zero-order valence-electron chi connectivity index (χ0n) is 10.8. The lowest BCUT2D eigenvalue weighted by Crippen LogP contribution is -2.62. The molecule has 114 valence electrons. The molecule has 0 bridgehead atoms. The summed E-state index contributed by atoms with van der Waals surface area (Å²) in [5, 5.41) is 39.5. The van der Waals surface area contributed by atoms with E-state index in [4.69, 9.17) is 20.7 Å².